The van der Waals surface area contributed by atoms with Gasteiger partial charge in [-0.2, -0.15) is 5.10 Å². The van der Waals surface area contributed by atoms with Crippen LogP contribution in [0.15, 0.2) is 54.6 Å². The summed E-state index contributed by atoms with van der Waals surface area (Å²) in [7, 11) is 0. The highest BCUT2D eigenvalue weighted by Gasteiger charge is 2.40. The van der Waals surface area contributed by atoms with Gasteiger partial charge < -0.3 is 16.0 Å². The predicted octanol–water partition coefficient (Wildman–Crippen LogP) is 2.87. The van der Waals surface area contributed by atoms with E-state index in [0.717, 1.165) is 6.42 Å². The molecule has 0 radical (unpaired) electrons. The van der Waals surface area contributed by atoms with Gasteiger partial charge in [0.25, 0.3) is 5.91 Å². The Morgan fingerprint density at radius 3 is 2.65 bits per heavy atom. The molecule has 1 aliphatic carbocycles. The van der Waals surface area contributed by atoms with Crippen LogP contribution >= 0.6 is 0 Å². The van der Waals surface area contributed by atoms with Crippen molar-refractivity contribution in [3.63, 3.8) is 0 Å². The van der Waals surface area contributed by atoms with Crippen molar-refractivity contribution in [1.82, 2.24) is 20.0 Å². The van der Waals surface area contributed by atoms with E-state index in [2.05, 4.69) is 22.5 Å². The third-order valence-corrected chi connectivity index (χ3v) is 5.94. The van der Waals surface area contributed by atoms with Crippen LogP contribution in [0, 0.1) is 5.82 Å². The summed E-state index contributed by atoms with van der Waals surface area (Å²) in [4.78, 5) is 26.8. The molecule has 5 rings (SSSR count). The lowest BCUT2D eigenvalue weighted by molar-refractivity contribution is 0.0997. The van der Waals surface area contributed by atoms with Crippen LogP contribution in [0.3, 0.4) is 0 Å². The first-order valence-corrected chi connectivity index (χ1v) is 10.3. The Kier molecular flexibility index (Phi) is 4.69. The number of primary amides is 1. The maximum absolute atomic E-state index is 13.7. The van der Waals surface area contributed by atoms with Crippen molar-refractivity contribution in [3.05, 3.63) is 77.2 Å². The van der Waals surface area contributed by atoms with Crippen molar-refractivity contribution in [2.24, 2.45) is 5.73 Å². The van der Waals surface area contributed by atoms with Gasteiger partial charge >= 0.3 is 6.03 Å². The van der Waals surface area contributed by atoms with Gasteiger partial charge in [-0.15, -0.1) is 0 Å². The highest BCUT2D eigenvalue weighted by molar-refractivity contribution is 6.00. The van der Waals surface area contributed by atoms with Crippen LogP contribution in [0.25, 0.3) is 11.3 Å². The Hall–Kier alpha value is -3.68. The van der Waals surface area contributed by atoms with Crippen molar-refractivity contribution >= 4 is 11.9 Å². The molecule has 1 saturated carbocycles. The number of nitrogens with one attached hydrogen (secondary N) is 1. The lowest BCUT2D eigenvalue weighted by atomic mass is 10.0. The van der Waals surface area contributed by atoms with Crippen LogP contribution in [0.1, 0.15) is 34.0 Å². The highest BCUT2D eigenvalue weighted by atomic mass is 19.1. The monoisotopic (exact) mass is 419 g/mol. The van der Waals surface area contributed by atoms with Crippen molar-refractivity contribution in [2.75, 3.05) is 6.54 Å². The molecule has 1 aromatic heterocycles. The number of benzene rings is 2. The third-order valence-electron chi connectivity index (χ3n) is 5.94. The van der Waals surface area contributed by atoms with E-state index in [1.165, 1.54) is 17.7 Å². The van der Waals surface area contributed by atoms with Crippen molar-refractivity contribution in [3.8, 4) is 11.3 Å². The molecule has 2 heterocycles. The van der Waals surface area contributed by atoms with Gasteiger partial charge in [-0.3, -0.25) is 9.48 Å². The van der Waals surface area contributed by atoms with Crippen LogP contribution in [0.4, 0.5) is 9.18 Å². The van der Waals surface area contributed by atoms with E-state index in [1.807, 2.05) is 18.2 Å². The molecule has 2 aliphatic rings. The van der Waals surface area contributed by atoms with Gasteiger partial charge in [-0.1, -0.05) is 42.5 Å². The molecule has 8 heteroatoms. The summed E-state index contributed by atoms with van der Waals surface area (Å²) in [6.45, 7) is 1.12. The third kappa shape index (κ3) is 3.65. The zero-order valence-corrected chi connectivity index (χ0v) is 16.8. The van der Waals surface area contributed by atoms with Gasteiger partial charge in [0, 0.05) is 24.1 Å². The summed E-state index contributed by atoms with van der Waals surface area (Å²) >= 11 is 0. The van der Waals surface area contributed by atoms with Crippen LogP contribution in [0.5, 0.6) is 0 Å². The van der Waals surface area contributed by atoms with Gasteiger partial charge in [-0.05, 0) is 24.1 Å². The molecule has 1 fully saturated rings. The van der Waals surface area contributed by atoms with Crippen molar-refractivity contribution in [1.29, 1.82) is 0 Å². The first-order valence-electron chi connectivity index (χ1n) is 10.3. The largest absolute Gasteiger partial charge is 0.365 e. The second kappa shape index (κ2) is 7.54. The molecule has 0 spiro atoms. The topological polar surface area (TPSA) is 93.2 Å². The Balaban J connectivity index is 1.34. The number of rotatable bonds is 4. The summed E-state index contributed by atoms with van der Waals surface area (Å²) < 4.78 is 15.4. The van der Waals surface area contributed by atoms with E-state index in [-0.39, 0.29) is 24.2 Å². The number of nitrogens with zero attached hydrogens (tertiary/aromatic N) is 3. The molecule has 3 N–H and O–H groups in total. The summed E-state index contributed by atoms with van der Waals surface area (Å²) in [5, 5.41) is 7.58. The zero-order chi connectivity index (χ0) is 21.5. The predicted molar refractivity (Wildman–Crippen MR) is 113 cm³/mol. The molecule has 0 unspecified atom stereocenters. The molecule has 3 amide bonds. The quantitative estimate of drug-likeness (QED) is 0.681. The van der Waals surface area contributed by atoms with E-state index < -0.39 is 11.7 Å². The Morgan fingerprint density at radius 1 is 1.10 bits per heavy atom. The SMILES string of the molecule is NC(=O)c1c(-c2cccc(F)c2)nn2c1CN(C(=O)N[C@H]1C[C@H]1c1ccccc1)CC2. The summed E-state index contributed by atoms with van der Waals surface area (Å²) in [5.41, 5.74) is 8.50. The molecule has 158 valence electrons. The number of urea groups is 1. The van der Waals surface area contributed by atoms with Gasteiger partial charge in [0.2, 0.25) is 0 Å². The number of hydrogen-bond donors (Lipinski definition) is 2. The number of carbonyl (C=O) groups excluding carboxylic acids is 2. The van der Waals surface area contributed by atoms with Crippen LogP contribution in [-0.2, 0) is 13.1 Å². The smallest absolute Gasteiger partial charge is 0.318 e. The molecule has 2 atom stereocenters. The van der Waals surface area contributed by atoms with Gasteiger partial charge in [0.15, 0.2) is 0 Å². The Bertz CT molecular complexity index is 1160. The molecular formula is C23H22FN5O2. The second-order valence-corrected chi connectivity index (χ2v) is 8.00. The van der Waals surface area contributed by atoms with Crippen molar-refractivity contribution in [2.45, 2.75) is 31.5 Å². The maximum atomic E-state index is 13.7. The number of nitrogens with two attached hydrogens (primary N) is 1. The normalized spacial score (nSPS) is 19.6. The fourth-order valence-electron chi connectivity index (χ4n) is 4.26. The molecule has 3 aromatic rings. The fourth-order valence-corrected chi connectivity index (χ4v) is 4.26. The summed E-state index contributed by atoms with van der Waals surface area (Å²) in [6, 6.07) is 16.0. The number of carbonyl (C=O) groups is 2. The summed E-state index contributed by atoms with van der Waals surface area (Å²) in [5.74, 6) is -0.729. The van der Waals surface area contributed by atoms with E-state index in [1.54, 1.807) is 21.7 Å². The van der Waals surface area contributed by atoms with Crippen LogP contribution in [-0.4, -0.2) is 39.2 Å². The van der Waals surface area contributed by atoms with E-state index in [9.17, 15) is 14.0 Å². The first-order chi connectivity index (χ1) is 15.0. The molecule has 7 nitrogen and oxygen atoms in total. The van der Waals surface area contributed by atoms with E-state index in [4.69, 9.17) is 5.73 Å². The Morgan fingerprint density at radius 2 is 1.90 bits per heavy atom. The molecule has 0 bridgehead atoms. The van der Waals surface area contributed by atoms with Crippen molar-refractivity contribution < 1.29 is 14.0 Å². The molecule has 2 aromatic carbocycles. The fraction of sp³-hybridized carbons (Fsp3) is 0.261. The second-order valence-electron chi connectivity index (χ2n) is 8.00. The number of hydrogen-bond acceptors (Lipinski definition) is 3. The standard InChI is InChI=1S/C23H22FN5O2/c24-16-8-4-7-15(11-16)21-20(22(25)30)19-13-28(9-10-29(19)27-21)23(31)26-18-12-17(18)14-5-2-1-3-6-14/h1-8,11,17-18H,9-10,12-13H2,(H2,25,30)(H,26,31)/t17-,18-/m0/s1. The average molecular weight is 419 g/mol. The minimum atomic E-state index is -0.644. The van der Waals surface area contributed by atoms with E-state index >= 15 is 0 Å². The number of fused-ring (bicyclic) bond motifs is 1. The minimum absolute atomic E-state index is 0.111. The van der Waals surface area contributed by atoms with Crippen LogP contribution < -0.4 is 11.1 Å². The van der Waals surface area contributed by atoms with Gasteiger partial charge in [0.05, 0.1) is 24.3 Å². The molecular weight excluding hydrogens is 397 g/mol. The molecule has 31 heavy (non-hydrogen) atoms. The average Bonchev–Trinajstić information content (AvgIpc) is 3.42. The van der Waals surface area contributed by atoms with Gasteiger partial charge in [-0.25, -0.2) is 9.18 Å². The number of halogens is 1. The highest BCUT2D eigenvalue weighted by Crippen LogP contribution is 2.40. The molecule has 1 aliphatic heterocycles. The first kappa shape index (κ1) is 19.3. The zero-order valence-electron chi connectivity index (χ0n) is 16.8. The maximum Gasteiger partial charge on any atom is 0.318 e. The van der Waals surface area contributed by atoms with Gasteiger partial charge in [0.1, 0.15) is 11.5 Å². The van der Waals surface area contributed by atoms with Crippen LogP contribution in [0.2, 0.25) is 0 Å². The summed E-state index contributed by atoms with van der Waals surface area (Å²) in [6.07, 6.45) is 0.914. The minimum Gasteiger partial charge on any atom is -0.365 e. The Labute approximate surface area is 178 Å². The molecule has 0 saturated heterocycles. The number of amides is 3. The lowest BCUT2D eigenvalue weighted by Gasteiger charge is -2.28. The lowest BCUT2D eigenvalue weighted by Crippen LogP contribution is -2.45. The van der Waals surface area contributed by atoms with E-state index in [0.29, 0.717) is 36.0 Å². The number of aromatic nitrogens is 2.